The first-order chi connectivity index (χ1) is 18.5. The molecule has 7 rings (SSSR count). The second kappa shape index (κ2) is 8.22. The van der Waals surface area contributed by atoms with Gasteiger partial charge in [0, 0.05) is 5.56 Å². The normalized spacial score (nSPS) is 11.6. The van der Waals surface area contributed by atoms with Crippen molar-refractivity contribution in [2.45, 2.75) is 0 Å². The van der Waals surface area contributed by atoms with Crippen LogP contribution in [-0.4, -0.2) is 23.3 Å². The summed E-state index contributed by atoms with van der Waals surface area (Å²) in [4.78, 5) is 11.8. The van der Waals surface area contributed by atoms with Crippen LogP contribution in [0.3, 0.4) is 0 Å². The average molecular weight is 495 g/mol. The van der Waals surface area contributed by atoms with Crippen molar-refractivity contribution in [1.82, 2.24) is 0 Å². The lowest BCUT2D eigenvalue weighted by Crippen LogP contribution is -1.99. The van der Waals surface area contributed by atoms with Crippen molar-refractivity contribution in [3.8, 4) is 22.6 Å². The summed E-state index contributed by atoms with van der Waals surface area (Å²) in [6.45, 7) is 0. The average Bonchev–Trinajstić information content (AvgIpc) is 2.93. The highest BCUT2D eigenvalue weighted by atomic mass is 16.5. The fourth-order valence-electron chi connectivity index (χ4n) is 5.60. The summed E-state index contributed by atoms with van der Waals surface area (Å²) in [5.41, 5.74) is 1.22. The Hall–Kier alpha value is -5.09. The van der Waals surface area contributed by atoms with Gasteiger partial charge in [0.2, 0.25) is 0 Å². The Labute approximate surface area is 217 Å². The van der Waals surface area contributed by atoms with Gasteiger partial charge in [0.1, 0.15) is 0 Å². The summed E-state index contributed by atoms with van der Waals surface area (Å²) in [5.74, 6) is -1.04. The Kier molecular flexibility index (Phi) is 4.79. The van der Waals surface area contributed by atoms with Gasteiger partial charge in [-0.05, 0) is 108 Å². The molecular formula is C34H22O4. The fourth-order valence-corrected chi connectivity index (χ4v) is 5.60. The van der Waals surface area contributed by atoms with Crippen LogP contribution < -0.4 is 4.74 Å². The molecule has 0 radical (unpaired) electrons. The van der Waals surface area contributed by atoms with Gasteiger partial charge in [-0.1, -0.05) is 54.6 Å². The molecule has 0 unspecified atom stereocenters. The van der Waals surface area contributed by atoms with Gasteiger partial charge in [0.25, 0.3) is 0 Å². The van der Waals surface area contributed by atoms with Crippen molar-refractivity contribution in [3.63, 3.8) is 0 Å². The van der Waals surface area contributed by atoms with E-state index in [4.69, 9.17) is 4.74 Å². The Morgan fingerprint density at radius 3 is 1.84 bits per heavy atom. The number of carboxylic acid groups (broad SMARTS) is 1. The van der Waals surface area contributed by atoms with E-state index < -0.39 is 5.97 Å². The standard InChI is InChI=1S/C34H22O4/c1-38-32-17-26(34(36)37)16-31(33(32)35)27-8-4-7-21-13-22-9-10-23-14-24-11-19-5-2-3-6-20(19)12-25(24)15-28(23)30(22)18-29(21)27/h2-18,35H,1H3,(H,36,37). The first kappa shape index (κ1) is 22.1. The maximum absolute atomic E-state index is 11.8. The zero-order valence-corrected chi connectivity index (χ0v) is 20.5. The van der Waals surface area contributed by atoms with E-state index in [1.165, 1.54) is 40.8 Å². The van der Waals surface area contributed by atoms with Crippen LogP contribution in [0.4, 0.5) is 0 Å². The Morgan fingerprint density at radius 2 is 1.16 bits per heavy atom. The predicted octanol–water partition coefficient (Wildman–Crippen LogP) is 8.53. The van der Waals surface area contributed by atoms with Crippen LogP contribution >= 0.6 is 0 Å². The molecule has 2 N–H and O–H groups in total. The predicted molar refractivity (Wildman–Crippen MR) is 155 cm³/mol. The van der Waals surface area contributed by atoms with E-state index in [2.05, 4.69) is 72.8 Å². The van der Waals surface area contributed by atoms with E-state index in [1.54, 1.807) is 0 Å². The van der Waals surface area contributed by atoms with Crippen molar-refractivity contribution < 1.29 is 19.7 Å². The van der Waals surface area contributed by atoms with Crippen LogP contribution in [0.25, 0.3) is 65.0 Å². The number of phenolic OH excluding ortho intramolecular Hbond substituents is 1. The first-order valence-corrected chi connectivity index (χ1v) is 12.4. The van der Waals surface area contributed by atoms with Crippen molar-refractivity contribution >= 4 is 59.8 Å². The minimum atomic E-state index is -1.08. The number of aromatic carboxylic acids is 1. The van der Waals surface area contributed by atoms with Crippen molar-refractivity contribution in [1.29, 1.82) is 0 Å². The molecule has 0 saturated heterocycles. The SMILES string of the molecule is COc1cc(C(=O)O)cc(-c2cccc3cc4ccc5cc6cc7ccccc7cc6cc5c4cc23)c1O. The summed E-state index contributed by atoms with van der Waals surface area (Å²) >= 11 is 0. The number of aromatic hydroxyl groups is 1. The molecule has 7 aromatic carbocycles. The van der Waals surface area contributed by atoms with Gasteiger partial charge in [-0.25, -0.2) is 4.79 Å². The van der Waals surface area contributed by atoms with Crippen LogP contribution in [0.1, 0.15) is 10.4 Å². The van der Waals surface area contributed by atoms with E-state index in [9.17, 15) is 15.0 Å². The van der Waals surface area contributed by atoms with Crippen LogP contribution in [0, 0.1) is 0 Å². The number of hydrogen-bond acceptors (Lipinski definition) is 3. The van der Waals surface area contributed by atoms with Gasteiger partial charge < -0.3 is 14.9 Å². The summed E-state index contributed by atoms with van der Waals surface area (Å²) < 4.78 is 5.30. The third kappa shape index (κ3) is 3.35. The number of carbonyl (C=O) groups is 1. The van der Waals surface area contributed by atoms with Crippen molar-refractivity contribution in [2.75, 3.05) is 7.11 Å². The quantitative estimate of drug-likeness (QED) is 0.191. The number of benzene rings is 7. The molecule has 0 fully saturated rings. The molecule has 4 nitrogen and oxygen atoms in total. The lowest BCUT2D eigenvalue weighted by molar-refractivity contribution is 0.0696. The molecule has 0 aliphatic carbocycles. The molecule has 38 heavy (non-hydrogen) atoms. The number of fused-ring (bicyclic) bond motifs is 6. The summed E-state index contributed by atoms with van der Waals surface area (Å²) in [5, 5.41) is 31.8. The zero-order chi connectivity index (χ0) is 26.0. The van der Waals surface area contributed by atoms with Crippen LogP contribution in [0.2, 0.25) is 0 Å². The molecule has 0 aromatic heterocycles. The van der Waals surface area contributed by atoms with E-state index >= 15 is 0 Å². The summed E-state index contributed by atoms with van der Waals surface area (Å²) in [6.07, 6.45) is 0. The number of carboxylic acids is 1. The van der Waals surface area contributed by atoms with Gasteiger partial charge >= 0.3 is 5.97 Å². The lowest BCUT2D eigenvalue weighted by Gasteiger charge is -2.14. The third-order valence-electron chi connectivity index (χ3n) is 7.49. The zero-order valence-electron chi connectivity index (χ0n) is 20.5. The molecule has 0 aliphatic heterocycles. The summed E-state index contributed by atoms with van der Waals surface area (Å²) in [7, 11) is 1.42. The third-order valence-corrected chi connectivity index (χ3v) is 7.49. The minimum Gasteiger partial charge on any atom is -0.504 e. The number of methoxy groups -OCH3 is 1. The van der Waals surface area contributed by atoms with Crippen LogP contribution in [0.15, 0.2) is 103 Å². The van der Waals surface area contributed by atoms with Gasteiger partial charge in [-0.3, -0.25) is 0 Å². The largest absolute Gasteiger partial charge is 0.504 e. The monoisotopic (exact) mass is 494 g/mol. The van der Waals surface area contributed by atoms with Gasteiger partial charge in [-0.2, -0.15) is 0 Å². The van der Waals surface area contributed by atoms with E-state index in [1.807, 2.05) is 18.2 Å². The number of hydrogen-bond donors (Lipinski definition) is 2. The second-order valence-corrected chi connectivity index (χ2v) is 9.67. The Morgan fingerprint density at radius 1 is 0.579 bits per heavy atom. The number of phenols is 1. The van der Waals surface area contributed by atoms with Gasteiger partial charge in [0.15, 0.2) is 11.5 Å². The maximum atomic E-state index is 11.8. The smallest absolute Gasteiger partial charge is 0.335 e. The topological polar surface area (TPSA) is 66.8 Å². The summed E-state index contributed by atoms with van der Waals surface area (Å²) in [6, 6.07) is 34.6. The second-order valence-electron chi connectivity index (χ2n) is 9.67. The molecule has 4 heteroatoms. The van der Waals surface area contributed by atoms with Gasteiger partial charge in [0.05, 0.1) is 12.7 Å². The molecular weight excluding hydrogens is 472 g/mol. The molecule has 182 valence electrons. The molecule has 0 saturated carbocycles. The molecule has 0 spiro atoms. The Balaban J connectivity index is 1.54. The van der Waals surface area contributed by atoms with E-state index in [-0.39, 0.29) is 17.1 Å². The number of rotatable bonds is 3. The van der Waals surface area contributed by atoms with Crippen molar-refractivity contribution in [3.05, 3.63) is 109 Å². The van der Waals surface area contributed by atoms with Crippen LogP contribution in [0.5, 0.6) is 11.5 Å². The Bertz CT molecular complexity index is 2110. The molecule has 0 aliphatic rings. The van der Waals surface area contributed by atoms with E-state index in [0.717, 1.165) is 37.9 Å². The first-order valence-electron chi connectivity index (χ1n) is 12.4. The molecule has 7 aromatic rings. The van der Waals surface area contributed by atoms with Gasteiger partial charge in [-0.15, -0.1) is 0 Å². The minimum absolute atomic E-state index is 0.0524. The molecule has 0 heterocycles. The van der Waals surface area contributed by atoms with Crippen LogP contribution in [-0.2, 0) is 0 Å². The van der Waals surface area contributed by atoms with E-state index in [0.29, 0.717) is 5.56 Å². The number of ether oxygens (including phenoxy) is 1. The highest BCUT2D eigenvalue weighted by Crippen LogP contribution is 2.42. The molecule has 0 atom stereocenters. The lowest BCUT2D eigenvalue weighted by atomic mass is 9.91. The highest BCUT2D eigenvalue weighted by molar-refractivity contribution is 6.17. The van der Waals surface area contributed by atoms with Crippen molar-refractivity contribution in [2.24, 2.45) is 0 Å². The maximum Gasteiger partial charge on any atom is 0.335 e. The molecule has 0 amide bonds. The highest BCUT2D eigenvalue weighted by Gasteiger charge is 2.18. The molecule has 0 bridgehead atoms. The fraction of sp³-hybridized carbons (Fsp3) is 0.0294.